The van der Waals surface area contributed by atoms with Crippen LogP contribution in [-0.4, -0.2) is 82.3 Å². The molecule has 4 aliphatic heterocycles. The molecule has 2 aromatic carbocycles. The molecule has 0 bridgehead atoms. The molecule has 44 heavy (non-hydrogen) atoms. The Labute approximate surface area is 256 Å². The fraction of sp³-hybridized carbons (Fsp3) is 0.375. The lowest BCUT2D eigenvalue weighted by Gasteiger charge is -2.15. The SMILES string of the molecule is CC/C(=C(\CC)c1ccc(Oc2nc(N3CC3)nc(N3CC3)n2)cc1)c1ccc(Oc2nc(N3CC3)nc(N3CC3)n2)cc1. The first-order valence-electron chi connectivity index (χ1n) is 15.4. The molecule has 0 radical (unpaired) electrons. The maximum atomic E-state index is 6.10. The molecule has 224 valence electrons. The second kappa shape index (κ2) is 10.9. The van der Waals surface area contributed by atoms with Gasteiger partial charge in [0.2, 0.25) is 23.8 Å². The smallest absolute Gasteiger partial charge is 0.328 e. The molecule has 4 fully saturated rings. The molecule has 4 aromatic rings. The van der Waals surface area contributed by atoms with Gasteiger partial charge in [-0.1, -0.05) is 38.1 Å². The maximum Gasteiger partial charge on any atom is 0.328 e. The average molecular weight is 591 g/mol. The second-order valence-electron chi connectivity index (χ2n) is 11.3. The Morgan fingerprint density at radius 1 is 0.477 bits per heavy atom. The van der Waals surface area contributed by atoms with Gasteiger partial charge in [-0.3, -0.25) is 0 Å². The zero-order valence-electron chi connectivity index (χ0n) is 25.0. The van der Waals surface area contributed by atoms with Crippen LogP contribution in [0.5, 0.6) is 23.5 Å². The van der Waals surface area contributed by atoms with E-state index in [1.807, 2.05) is 24.3 Å². The quantitative estimate of drug-likeness (QED) is 0.169. The van der Waals surface area contributed by atoms with E-state index in [-0.39, 0.29) is 0 Å². The Bertz CT molecular complexity index is 1520. The molecular formula is C32H34N10O2. The summed E-state index contributed by atoms with van der Waals surface area (Å²) in [6, 6.07) is 17.1. The third kappa shape index (κ3) is 5.79. The molecule has 0 amide bonds. The van der Waals surface area contributed by atoms with Crippen LogP contribution in [0.4, 0.5) is 23.8 Å². The fourth-order valence-electron chi connectivity index (χ4n) is 5.17. The lowest BCUT2D eigenvalue weighted by atomic mass is 9.91. The van der Waals surface area contributed by atoms with Crippen LogP contribution >= 0.6 is 0 Å². The Kier molecular flexibility index (Phi) is 6.61. The number of aromatic nitrogens is 6. The Morgan fingerprint density at radius 2 is 0.773 bits per heavy atom. The van der Waals surface area contributed by atoms with Crippen LogP contribution in [0.3, 0.4) is 0 Å². The highest BCUT2D eigenvalue weighted by molar-refractivity contribution is 5.90. The van der Waals surface area contributed by atoms with Crippen LogP contribution in [0.2, 0.25) is 0 Å². The molecule has 0 atom stereocenters. The summed E-state index contributed by atoms with van der Waals surface area (Å²) in [5, 5.41) is 0. The number of hydrogen-bond acceptors (Lipinski definition) is 12. The summed E-state index contributed by atoms with van der Waals surface area (Å²) in [6.07, 6.45) is 1.80. The van der Waals surface area contributed by atoms with Crippen molar-refractivity contribution >= 4 is 34.9 Å². The van der Waals surface area contributed by atoms with E-state index in [1.54, 1.807) is 0 Å². The van der Waals surface area contributed by atoms with E-state index in [4.69, 9.17) is 9.47 Å². The van der Waals surface area contributed by atoms with Gasteiger partial charge in [0.15, 0.2) is 0 Å². The number of anilines is 4. The average Bonchev–Trinajstić information content (AvgIpc) is 3.85. The molecule has 0 N–H and O–H groups in total. The van der Waals surface area contributed by atoms with Crippen molar-refractivity contribution < 1.29 is 9.47 Å². The predicted molar refractivity (Wildman–Crippen MR) is 169 cm³/mol. The third-order valence-electron chi connectivity index (χ3n) is 8.00. The first-order valence-corrected chi connectivity index (χ1v) is 15.4. The monoisotopic (exact) mass is 590 g/mol. The third-order valence-corrected chi connectivity index (χ3v) is 8.00. The summed E-state index contributed by atoms with van der Waals surface area (Å²) in [6.45, 7) is 12.2. The van der Waals surface area contributed by atoms with Gasteiger partial charge in [0, 0.05) is 52.4 Å². The van der Waals surface area contributed by atoms with Gasteiger partial charge < -0.3 is 29.1 Å². The van der Waals surface area contributed by atoms with Crippen molar-refractivity contribution in [3.05, 3.63) is 59.7 Å². The fourth-order valence-corrected chi connectivity index (χ4v) is 5.17. The van der Waals surface area contributed by atoms with E-state index in [0.717, 1.165) is 76.3 Å². The van der Waals surface area contributed by atoms with Crippen molar-refractivity contribution in [2.24, 2.45) is 0 Å². The molecule has 4 saturated heterocycles. The number of benzene rings is 2. The van der Waals surface area contributed by atoms with Crippen molar-refractivity contribution in [3.63, 3.8) is 0 Å². The van der Waals surface area contributed by atoms with Crippen LogP contribution in [-0.2, 0) is 0 Å². The van der Waals surface area contributed by atoms with Gasteiger partial charge in [-0.05, 0) is 59.4 Å². The standard InChI is InChI=1S/C32H34N10O2/c1-3-25(21-5-9-23(10-6-21)43-31-35-27(39-13-14-39)33-28(36-31)40-15-16-40)26(4-2)22-7-11-24(12-8-22)44-32-37-29(41-17-18-41)34-30(38-32)42-19-20-42/h5-12H,3-4,13-20H2,1-2H3/b26-25-. The summed E-state index contributed by atoms with van der Waals surface area (Å²) < 4.78 is 12.2. The number of ether oxygens (including phenoxy) is 2. The normalized spacial score (nSPS) is 17.0. The van der Waals surface area contributed by atoms with E-state index in [0.29, 0.717) is 47.3 Å². The largest absolute Gasteiger partial charge is 0.424 e. The van der Waals surface area contributed by atoms with Crippen molar-refractivity contribution in [2.45, 2.75) is 26.7 Å². The molecule has 0 aliphatic carbocycles. The van der Waals surface area contributed by atoms with Gasteiger partial charge in [0.05, 0.1) is 0 Å². The number of rotatable bonds is 12. The van der Waals surface area contributed by atoms with E-state index in [9.17, 15) is 0 Å². The van der Waals surface area contributed by atoms with Gasteiger partial charge in [-0.2, -0.15) is 29.9 Å². The molecule has 0 saturated carbocycles. The Balaban J connectivity index is 1.000. The first-order chi connectivity index (χ1) is 21.6. The van der Waals surface area contributed by atoms with Crippen molar-refractivity contribution in [1.29, 1.82) is 0 Å². The number of hydrogen-bond donors (Lipinski definition) is 0. The summed E-state index contributed by atoms with van der Waals surface area (Å²) in [7, 11) is 0. The summed E-state index contributed by atoms with van der Waals surface area (Å²) in [4.78, 5) is 35.7. The summed E-state index contributed by atoms with van der Waals surface area (Å²) in [5.41, 5.74) is 4.92. The van der Waals surface area contributed by atoms with Crippen LogP contribution in [0.15, 0.2) is 48.5 Å². The molecule has 0 unspecified atom stereocenters. The predicted octanol–water partition coefficient (Wildman–Crippen LogP) is 4.65. The highest BCUT2D eigenvalue weighted by Gasteiger charge is 2.29. The van der Waals surface area contributed by atoms with Crippen LogP contribution in [0.25, 0.3) is 11.1 Å². The van der Waals surface area contributed by atoms with Crippen LogP contribution in [0, 0.1) is 0 Å². The summed E-state index contributed by atoms with van der Waals surface area (Å²) >= 11 is 0. The van der Waals surface area contributed by atoms with Crippen molar-refractivity contribution in [2.75, 3.05) is 72.0 Å². The number of nitrogens with zero attached hydrogens (tertiary/aromatic N) is 10. The first kappa shape index (κ1) is 26.6. The maximum absolute atomic E-state index is 6.10. The van der Waals surface area contributed by atoms with Gasteiger partial charge in [-0.25, -0.2) is 0 Å². The second-order valence-corrected chi connectivity index (χ2v) is 11.3. The van der Waals surface area contributed by atoms with Gasteiger partial charge >= 0.3 is 12.0 Å². The Hall–Kier alpha value is -5.00. The minimum Gasteiger partial charge on any atom is -0.424 e. The van der Waals surface area contributed by atoms with Gasteiger partial charge in [-0.15, -0.1) is 0 Å². The lowest BCUT2D eigenvalue weighted by Crippen LogP contribution is -2.07. The lowest BCUT2D eigenvalue weighted by molar-refractivity contribution is 0.440. The zero-order chi connectivity index (χ0) is 29.6. The molecular weight excluding hydrogens is 556 g/mol. The van der Waals surface area contributed by atoms with Crippen molar-refractivity contribution in [1.82, 2.24) is 29.9 Å². The Morgan fingerprint density at radius 3 is 1.02 bits per heavy atom. The van der Waals surface area contributed by atoms with E-state index >= 15 is 0 Å². The van der Waals surface area contributed by atoms with Crippen molar-refractivity contribution in [3.8, 4) is 23.5 Å². The minimum absolute atomic E-state index is 0.332. The minimum atomic E-state index is 0.332. The molecule has 6 heterocycles. The summed E-state index contributed by atoms with van der Waals surface area (Å²) in [5.74, 6) is 4.14. The van der Waals surface area contributed by atoms with E-state index < -0.39 is 0 Å². The molecule has 8 rings (SSSR count). The van der Waals surface area contributed by atoms with E-state index in [1.165, 1.54) is 11.1 Å². The molecule has 4 aliphatic rings. The van der Waals surface area contributed by atoms with E-state index in [2.05, 4.69) is 87.6 Å². The zero-order valence-corrected chi connectivity index (χ0v) is 25.0. The van der Waals surface area contributed by atoms with Gasteiger partial charge in [0.1, 0.15) is 11.5 Å². The molecule has 12 heteroatoms. The number of allylic oxidation sites excluding steroid dienone is 2. The highest BCUT2D eigenvalue weighted by atomic mass is 16.5. The highest BCUT2D eigenvalue weighted by Crippen LogP contribution is 2.35. The van der Waals surface area contributed by atoms with Crippen LogP contribution < -0.4 is 29.1 Å². The van der Waals surface area contributed by atoms with Crippen LogP contribution in [0.1, 0.15) is 37.8 Å². The molecule has 12 nitrogen and oxygen atoms in total. The van der Waals surface area contributed by atoms with Gasteiger partial charge in [0.25, 0.3) is 0 Å². The molecule has 2 aromatic heterocycles. The topological polar surface area (TPSA) is 108 Å². The molecule has 0 spiro atoms.